The summed E-state index contributed by atoms with van der Waals surface area (Å²) in [6.45, 7) is 9.21. The van der Waals surface area contributed by atoms with Crippen LogP contribution in [0, 0.1) is 6.92 Å². The van der Waals surface area contributed by atoms with Crippen molar-refractivity contribution in [3.8, 4) is 0 Å². The Balaban J connectivity index is 2.05. The summed E-state index contributed by atoms with van der Waals surface area (Å²) < 4.78 is 5.43. The van der Waals surface area contributed by atoms with E-state index >= 15 is 0 Å². The van der Waals surface area contributed by atoms with Crippen molar-refractivity contribution >= 4 is 12.0 Å². The third kappa shape index (κ3) is 5.45. The summed E-state index contributed by atoms with van der Waals surface area (Å²) in [6, 6.07) is 17.1. The maximum atomic E-state index is 13.2. The molecule has 0 spiro atoms. The fourth-order valence-electron chi connectivity index (χ4n) is 3.86. The molecular weight excluding hydrogens is 402 g/mol. The van der Waals surface area contributed by atoms with Crippen LogP contribution in [0.25, 0.3) is 0 Å². The number of carbonyl (C=O) groups is 2. The number of benzene rings is 2. The Morgan fingerprint density at radius 1 is 1.16 bits per heavy atom. The maximum absolute atomic E-state index is 13.2. The van der Waals surface area contributed by atoms with Gasteiger partial charge in [-0.15, -0.1) is 6.58 Å². The van der Waals surface area contributed by atoms with Crippen molar-refractivity contribution in [2.75, 3.05) is 26.7 Å². The number of rotatable bonds is 9. The van der Waals surface area contributed by atoms with Gasteiger partial charge in [-0.05, 0) is 32.0 Å². The van der Waals surface area contributed by atoms with E-state index in [2.05, 4.69) is 28.9 Å². The lowest BCUT2D eigenvalue weighted by molar-refractivity contribution is -0.139. The van der Waals surface area contributed by atoms with E-state index in [1.165, 1.54) is 0 Å². The summed E-state index contributed by atoms with van der Waals surface area (Å²) >= 11 is 0. The number of carbonyl (C=O) groups excluding carboxylic acids is 2. The predicted octanol–water partition coefficient (Wildman–Crippen LogP) is 4.20. The first-order valence-electron chi connectivity index (χ1n) is 10.8. The monoisotopic (exact) mass is 433 g/mol. The molecule has 2 amide bonds. The number of aryl methyl sites for hydroxylation is 1. The number of esters is 1. The van der Waals surface area contributed by atoms with Crippen molar-refractivity contribution in [2.24, 2.45) is 0 Å². The highest BCUT2D eigenvalue weighted by Gasteiger charge is 2.38. The summed E-state index contributed by atoms with van der Waals surface area (Å²) in [5.74, 6) is -0.421. The Bertz CT molecular complexity index is 983. The van der Waals surface area contributed by atoms with Gasteiger partial charge in [-0.2, -0.15) is 0 Å². The molecule has 32 heavy (non-hydrogen) atoms. The zero-order valence-electron chi connectivity index (χ0n) is 19.0. The lowest BCUT2D eigenvalue weighted by Crippen LogP contribution is -2.50. The molecule has 2 aromatic rings. The molecule has 0 saturated heterocycles. The highest BCUT2D eigenvalue weighted by atomic mass is 16.5. The Kier molecular flexibility index (Phi) is 7.84. The minimum absolute atomic E-state index is 0.255. The van der Waals surface area contributed by atoms with Gasteiger partial charge in [0, 0.05) is 25.3 Å². The minimum Gasteiger partial charge on any atom is -0.463 e. The molecular formula is C26H31N3O3. The molecule has 0 aliphatic carbocycles. The van der Waals surface area contributed by atoms with E-state index in [0.717, 1.165) is 16.7 Å². The second-order valence-corrected chi connectivity index (χ2v) is 7.93. The Labute approximate surface area is 190 Å². The number of nitrogens with zero attached hydrogens (tertiary/aromatic N) is 2. The average Bonchev–Trinajstić information content (AvgIpc) is 2.77. The van der Waals surface area contributed by atoms with Crippen LogP contribution in [0.5, 0.6) is 0 Å². The van der Waals surface area contributed by atoms with Crippen molar-refractivity contribution in [1.29, 1.82) is 0 Å². The normalized spacial score (nSPS) is 16.2. The molecule has 0 saturated carbocycles. The van der Waals surface area contributed by atoms with Crippen LogP contribution < -0.4 is 5.32 Å². The molecule has 1 aliphatic heterocycles. The lowest BCUT2D eigenvalue weighted by Gasteiger charge is -2.37. The number of nitrogens with one attached hydrogen (secondary N) is 1. The molecule has 1 atom stereocenters. The fourth-order valence-corrected chi connectivity index (χ4v) is 3.86. The Morgan fingerprint density at radius 3 is 2.47 bits per heavy atom. The average molecular weight is 434 g/mol. The zero-order valence-corrected chi connectivity index (χ0v) is 19.0. The van der Waals surface area contributed by atoms with Crippen molar-refractivity contribution in [3.63, 3.8) is 0 Å². The van der Waals surface area contributed by atoms with Gasteiger partial charge >= 0.3 is 12.0 Å². The maximum Gasteiger partial charge on any atom is 0.338 e. The SMILES string of the molecule is C=CCN1C(=O)N[C@H](c2ccc(C)cc2)C(C(=O)OCC)=C1CN(C)Cc1ccccc1. The predicted molar refractivity (Wildman–Crippen MR) is 126 cm³/mol. The van der Waals surface area contributed by atoms with E-state index in [0.29, 0.717) is 30.9 Å². The standard InChI is InChI=1S/C26H31N3O3/c1-5-16-29-22(18-28(4)17-20-10-8-7-9-11-20)23(25(30)32-6-2)24(27-26(29)31)21-14-12-19(3)13-15-21/h5,7-15,24H,1,6,16-18H2,2-4H3,(H,27,31)/t24-/m1/s1. The number of likely N-dealkylation sites (N-methyl/N-ethyl adjacent to an activating group) is 1. The quantitative estimate of drug-likeness (QED) is 0.476. The molecule has 168 valence electrons. The van der Waals surface area contributed by atoms with Crippen molar-refractivity contribution < 1.29 is 14.3 Å². The fraction of sp³-hybridized carbons (Fsp3) is 0.308. The van der Waals surface area contributed by atoms with Gasteiger partial charge < -0.3 is 10.1 Å². The van der Waals surface area contributed by atoms with Gasteiger partial charge in [0.05, 0.1) is 18.2 Å². The van der Waals surface area contributed by atoms with E-state index in [-0.39, 0.29) is 12.6 Å². The minimum atomic E-state index is -0.580. The third-order valence-electron chi connectivity index (χ3n) is 5.37. The van der Waals surface area contributed by atoms with E-state index in [1.54, 1.807) is 17.9 Å². The first-order chi connectivity index (χ1) is 15.4. The van der Waals surface area contributed by atoms with Crippen LogP contribution in [-0.2, 0) is 16.1 Å². The van der Waals surface area contributed by atoms with Gasteiger partial charge in [0.15, 0.2) is 0 Å². The molecule has 6 heteroatoms. The summed E-state index contributed by atoms with van der Waals surface area (Å²) in [7, 11) is 1.97. The highest BCUT2D eigenvalue weighted by molar-refractivity contribution is 5.95. The zero-order chi connectivity index (χ0) is 23.1. The third-order valence-corrected chi connectivity index (χ3v) is 5.37. The van der Waals surface area contributed by atoms with Gasteiger partial charge in [-0.1, -0.05) is 66.2 Å². The van der Waals surface area contributed by atoms with E-state index in [9.17, 15) is 9.59 Å². The largest absolute Gasteiger partial charge is 0.463 e. The lowest BCUT2D eigenvalue weighted by atomic mass is 9.93. The Hall–Kier alpha value is -3.38. The van der Waals surface area contributed by atoms with Crippen LogP contribution in [0.2, 0.25) is 0 Å². The summed E-state index contributed by atoms with van der Waals surface area (Å²) in [4.78, 5) is 29.9. The number of hydrogen-bond donors (Lipinski definition) is 1. The van der Waals surface area contributed by atoms with Gasteiger partial charge in [0.25, 0.3) is 0 Å². The number of hydrogen-bond acceptors (Lipinski definition) is 4. The molecule has 0 radical (unpaired) electrons. The van der Waals surface area contributed by atoms with Gasteiger partial charge in [0.1, 0.15) is 0 Å². The molecule has 6 nitrogen and oxygen atoms in total. The van der Waals surface area contributed by atoms with Gasteiger partial charge in [-0.3, -0.25) is 9.80 Å². The van der Waals surface area contributed by atoms with E-state index in [1.807, 2.05) is 56.4 Å². The van der Waals surface area contributed by atoms with Crippen LogP contribution in [0.1, 0.15) is 29.7 Å². The van der Waals surface area contributed by atoms with Crippen molar-refractivity contribution in [1.82, 2.24) is 15.1 Å². The summed E-state index contributed by atoms with van der Waals surface area (Å²) in [5, 5.41) is 2.99. The molecule has 3 rings (SSSR count). The number of amides is 2. The van der Waals surface area contributed by atoms with Crippen LogP contribution in [-0.4, -0.2) is 48.5 Å². The smallest absolute Gasteiger partial charge is 0.338 e. The van der Waals surface area contributed by atoms with Crippen LogP contribution >= 0.6 is 0 Å². The molecule has 2 aromatic carbocycles. The summed E-state index contributed by atoms with van der Waals surface area (Å²) in [6.07, 6.45) is 1.66. The number of urea groups is 1. The molecule has 0 aromatic heterocycles. The van der Waals surface area contributed by atoms with E-state index < -0.39 is 12.0 Å². The van der Waals surface area contributed by atoms with Gasteiger partial charge in [0.2, 0.25) is 0 Å². The van der Waals surface area contributed by atoms with Crippen LogP contribution in [0.4, 0.5) is 4.79 Å². The van der Waals surface area contributed by atoms with Crippen LogP contribution in [0.15, 0.2) is 78.5 Å². The first kappa shape index (κ1) is 23.3. The second kappa shape index (κ2) is 10.8. The molecule has 1 heterocycles. The Morgan fingerprint density at radius 2 is 1.84 bits per heavy atom. The first-order valence-corrected chi connectivity index (χ1v) is 10.8. The molecule has 0 fully saturated rings. The molecule has 1 aliphatic rings. The molecule has 0 unspecified atom stereocenters. The number of ether oxygens (including phenoxy) is 1. The highest BCUT2D eigenvalue weighted by Crippen LogP contribution is 2.32. The van der Waals surface area contributed by atoms with Crippen LogP contribution in [0.3, 0.4) is 0 Å². The molecule has 0 bridgehead atoms. The van der Waals surface area contributed by atoms with Crippen molar-refractivity contribution in [2.45, 2.75) is 26.4 Å². The second-order valence-electron chi connectivity index (χ2n) is 7.93. The van der Waals surface area contributed by atoms with Crippen molar-refractivity contribution in [3.05, 3.63) is 95.2 Å². The molecule has 1 N–H and O–H groups in total. The van der Waals surface area contributed by atoms with E-state index in [4.69, 9.17) is 4.74 Å². The van der Waals surface area contributed by atoms with Gasteiger partial charge in [-0.25, -0.2) is 9.59 Å². The topological polar surface area (TPSA) is 61.9 Å². The summed E-state index contributed by atoms with van der Waals surface area (Å²) in [5.41, 5.74) is 4.19.